The maximum absolute atomic E-state index is 13.0. The summed E-state index contributed by atoms with van der Waals surface area (Å²) in [5, 5.41) is 6.93. The van der Waals surface area contributed by atoms with E-state index in [0.29, 0.717) is 24.2 Å². The summed E-state index contributed by atoms with van der Waals surface area (Å²) in [6, 6.07) is 14.7. The molecule has 0 radical (unpaired) electrons. The van der Waals surface area contributed by atoms with E-state index in [4.69, 9.17) is 0 Å². The minimum atomic E-state index is -4.36. The van der Waals surface area contributed by atoms with E-state index in [2.05, 4.69) is 15.4 Å². The number of carbonyl (C=O) groups is 1. The van der Waals surface area contributed by atoms with E-state index in [1.807, 2.05) is 37.4 Å². The molecule has 2 heterocycles. The number of nitrogens with one attached hydrogen (secondary N) is 1. The highest BCUT2D eigenvalue weighted by molar-refractivity contribution is 5.70. The van der Waals surface area contributed by atoms with Gasteiger partial charge in [0, 0.05) is 23.5 Å². The molecule has 0 saturated carbocycles. The number of anilines is 1. The van der Waals surface area contributed by atoms with Crippen LogP contribution >= 0.6 is 0 Å². The molecule has 2 aromatic carbocycles. The molecule has 0 saturated heterocycles. The van der Waals surface area contributed by atoms with Crippen molar-refractivity contribution in [3.05, 3.63) is 95.4 Å². The lowest BCUT2D eigenvalue weighted by Gasteiger charge is -2.11. The minimum absolute atomic E-state index is 0.375. The molecule has 0 atom stereocenters. The molecular formula is C24H19F3N4O. The van der Waals surface area contributed by atoms with Crippen LogP contribution in [0, 0.1) is 6.92 Å². The molecule has 0 aliphatic carbocycles. The van der Waals surface area contributed by atoms with Crippen LogP contribution in [0.5, 0.6) is 0 Å². The highest BCUT2D eigenvalue weighted by Gasteiger charge is 2.30. The van der Waals surface area contributed by atoms with Gasteiger partial charge in [-0.2, -0.15) is 18.3 Å². The fourth-order valence-corrected chi connectivity index (χ4v) is 3.42. The summed E-state index contributed by atoms with van der Waals surface area (Å²) in [5.41, 5.74) is 4.33. The van der Waals surface area contributed by atoms with Gasteiger partial charge in [-0.15, -0.1) is 0 Å². The van der Waals surface area contributed by atoms with Crippen molar-refractivity contribution < 1.29 is 18.0 Å². The van der Waals surface area contributed by atoms with Crippen molar-refractivity contribution >= 4 is 12.2 Å². The topological polar surface area (TPSA) is 59.8 Å². The van der Waals surface area contributed by atoms with Gasteiger partial charge in [0.25, 0.3) is 0 Å². The summed E-state index contributed by atoms with van der Waals surface area (Å²) in [6.07, 6.45) is 1.79. The van der Waals surface area contributed by atoms with Gasteiger partial charge in [0.15, 0.2) is 0 Å². The summed E-state index contributed by atoms with van der Waals surface area (Å²) in [6.45, 7) is 1.95. The van der Waals surface area contributed by atoms with Crippen molar-refractivity contribution in [2.75, 3.05) is 5.32 Å². The second-order valence-corrected chi connectivity index (χ2v) is 7.36. The molecule has 0 bridgehead atoms. The molecule has 8 heteroatoms. The first-order valence-electron chi connectivity index (χ1n) is 9.81. The molecule has 0 spiro atoms. The lowest BCUT2D eigenvalue weighted by atomic mass is 10.0. The smallest absolute Gasteiger partial charge is 0.313 e. The maximum atomic E-state index is 13.0. The standard InChI is InChI=1S/C24H19F3N4O/c1-16-5-6-18(9-17-3-2-4-21(10-17)24(25,26)27)11-22(16)31-14-20(13-30-31)19-7-8-23(28-12-19)29-15-32/h2-8,10-15H,9H2,1H3,(H,28,29,32). The molecule has 162 valence electrons. The number of amides is 1. The van der Waals surface area contributed by atoms with Crippen molar-refractivity contribution in [2.24, 2.45) is 0 Å². The van der Waals surface area contributed by atoms with Crippen LogP contribution in [-0.4, -0.2) is 21.2 Å². The molecule has 0 unspecified atom stereocenters. The fraction of sp³-hybridized carbons (Fsp3) is 0.125. The van der Waals surface area contributed by atoms with Gasteiger partial charge in [0.1, 0.15) is 5.82 Å². The van der Waals surface area contributed by atoms with Gasteiger partial charge >= 0.3 is 6.18 Å². The number of halogens is 3. The Morgan fingerprint density at radius 2 is 1.81 bits per heavy atom. The van der Waals surface area contributed by atoms with Crippen LogP contribution in [0.4, 0.5) is 19.0 Å². The zero-order chi connectivity index (χ0) is 22.7. The van der Waals surface area contributed by atoms with Crippen LogP contribution in [-0.2, 0) is 17.4 Å². The predicted octanol–water partition coefficient (Wildman–Crippen LogP) is 5.42. The number of benzene rings is 2. The van der Waals surface area contributed by atoms with Gasteiger partial charge in [-0.25, -0.2) is 9.67 Å². The fourth-order valence-electron chi connectivity index (χ4n) is 3.42. The molecule has 1 amide bonds. The number of aromatic nitrogens is 3. The molecular weight excluding hydrogens is 417 g/mol. The van der Waals surface area contributed by atoms with Crippen molar-refractivity contribution in [1.82, 2.24) is 14.8 Å². The lowest BCUT2D eigenvalue weighted by Crippen LogP contribution is -2.05. The molecule has 0 aliphatic rings. The van der Waals surface area contributed by atoms with E-state index in [-0.39, 0.29) is 0 Å². The normalized spacial score (nSPS) is 11.4. The van der Waals surface area contributed by atoms with Gasteiger partial charge in [0.05, 0.1) is 17.4 Å². The van der Waals surface area contributed by atoms with E-state index < -0.39 is 11.7 Å². The first-order chi connectivity index (χ1) is 15.3. The van der Waals surface area contributed by atoms with Crippen molar-refractivity contribution in [3.8, 4) is 16.8 Å². The number of hydrogen-bond donors (Lipinski definition) is 1. The SMILES string of the molecule is Cc1ccc(Cc2cccc(C(F)(F)F)c2)cc1-n1cc(-c2ccc(NC=O)nc2)cn1. The zero-order valence-corrected chi connectivity index (χ0v) is 17.1. The first kappa shape index (κ1) is 21.3. The van der Waals surface area contributed by atoms with Crippen molar-refractivity contribution in [3.63, 3.8) is 0 Å². The minimum Gasteiger partial charge on any atom is -0.313 e. The monoisotopic (exact) mass is 436 g/mol. The number of nitrogens with zero attached hydrogens (tertiary/aromatic N) is 3. The van der Waals surface area contributed by atoms with Gasteiger partial charge < -0.3 is 5.32 Å². The Kier molecular flexibility index (Phi) is 5.77. The molecule has 2 aromatic heterocycles. The number of aryl methyl sites for hydroxylation is 1. The van der Waals surface area contributed by atoms with Crippen LogP contribution in [0.25, 0.3) is 16.8 Å². The predicted molar refractivity (Wildman–Crippen MR) is 115 cm³/mol. The number of alkyl halides is 3. The summed E-state index contributed by atoms with van der Waals surface area (Å²) in [5.74, 6) is 0.453. The Bertz CT molecular complexity index is 1250. The van der Waals surface area contributed by atoms with Crippen molar-refractivity contribution in [1.29, 1.82) is 0 Å². The summed E-state index contributed by atoms with van der Waals surface area (Å²) < 4.78 is 40.8. The molecule has 0 fully saturated rings. The second kappa shape index (κ2) is 8.66. The molecule has 4 rings (SSSR count). The molecule has 0 aliphatic heterocycles. The molecule has 5 nitrogen and oxygen atoms in total. The number of pyridine rings is 1. The Morgan fingerprint density at radius 1 is 1.00 bits per heavy atom. The second-order valence-electron chi connectivity index (χ2n) is 7.36. The summed E-state index contributed by atoms with van der Waals surface area (Å²) >= 11 is 0. The van der Waals surface area contributed by atoms with E-state index in [1.165, 1.54) is 12.1 Å². The third-order valence-electron chi connectivity index (χ3n) is 5.07. The third kappa shape index (κ3) is 4.69. The third-order valence-corrected chi connectivity index (χ3v) is 5.07. The highest BCUT2D eigenvalue weighted by atomic mass is 19.4. The van der Waals surface area contributed by atoms with Gasteiger partial charge in [0.2, 0.25) is 6.41 Å². The summed E-state index contributed by atoms with van der Waals surface area (Å²) in [4.78, 5) is 14.7. The van der Waals surface area contributed by atoms with Gasteiger partial charge in [-0.05, 0) is 54.3 Å². The Morgan fingerprint density at radius 3 is 2.53 bits per heavy atom. The number of rotatable bonds is 6. The lowest BCUT2D eigenvalue weighted by molar-refractivity contribution is -0.137. The van der Waals surface area contributed by atoms with Gasteiger partial charge in [-0.3, -0.25) is 4.79 Å². The van der Waals surface area contributed by atoms with Crippen LogP contribution in [0.1, 0.15) is 22.3 Å². The maximum Gasteiger partial charge on any atom is 0.416 e. The summed E-state index contributed by atoms with van der Waals surface area (Å²) in [7, 11) is 0. The molecule has 32 heavy (non-hydrogen) atoms. The average molecular weight is 436 g/mol. The molecule has 4 aromatic rings. The van der Waals surface area contributed by atoms with Gasteiger partial charge in [-0.1, -0.05) is 30.3 Å². The van der Waals surface area contributed by atoms with Crippen LogP contribution in [0.3, 0.4) is 0 Å². The van der Waals surface area contributed by atoms with Crippen LogP contribution < -0.4 is 5.32 Å². The Labute approximate surface area is 182 Å². The van der Waals surface area contributed by atoms with E-state index in [0.717, 1.165) is 34.0 Å². The van der Waals surface area contributed by atoms with E-state index >= 15 is 0 Å². The van der Waals surface area contributed by atoms with E-state index in [1.54, 1.807) is 29.2 Å². The van der Waals surface area contributed by atoms with Crippen LogP contribution in [0.2, 0.25) is 0 Å². The molecule has 1 N–H and O–H groups in total. The largest absolute Gasteiger partial charge is 0.416 e. The number of hydrogen-bond acceptors (Lipinski definition) is 3. The van der Waals surface area contributed by atoms with Crippen LogP contribution in [0.15, 0.2) is 73.2 Å². The average Bonchev–Trinajstić information content (AvgIpc) is 3.25. The Balaban J connectivity index is 1.59. The van der Waals surface area contributed by atoms with Crippen molar-refractivity contribution in [2.45, 2.75) is 19.5 Å². The quantitative estimate of drug-likeness (QED) is 0.411. The Hall–Kier alpha value is -3.94. The zero-order valence-electron chi connectivity index (χ0n) is 17.1. The number of carbonyl (C=O) groups excluding carboxylic acids is 1. The highest BCUT2D eigenvalue weighted by Crippen LogP contribution is 2.30. The first-order valence-corrected chi connectivity index (χ1v) is 9.81. The van der Waals surface area contributed by atoms with E-state index in [9.17, 15) is 18.0 Å².